The van der Waals surface area contributed by atoms with E-state index < -0.39 is 23.7 Å². The summed E-state index contributed by atoms with van der Waals surface area (Å²) in [7, 11) is 0. The largest absolute Gasteiger partial charge is 0.468 e. The number of ether oxygens (including phenoxy) is 4. The molecule has 9 nitrogen and oxygen atoms in total. The summed E-state index contributed by atoms with van der Waals surface area (Å²) in [6.07, 6.45) is -3.51. The van der Waals surface area contributed by atoms with Gasteiger partial charge in [-0.25, -0.2) is 9.78 Å². The van der Waals surface area contributed by atoms with E-state index in [2.05, 4.69) is 9.72 Å². The molecule has 0 N–H and O–H groups in total. The molecule has 0 saturated heterocycles. The molecule has 0 radical (unpaired) electrons. The van der Waals surface area contributed by atoms with Crippen molar-refractivity contribution < 1.29 is 41.8 Å². The molecule has 2 heterocycles. The molecule has 0 amide bonds. The molecule has 1 aliphatic rings. The maximum absolute atomic E-state index is 12.2. The average Bonchev–Trinajstić information content (AvgIpc) is 2.69. The van der Waals surface area contributed by atoms with Crippen molar-refractivity contribution in [2.45, 2.75) is 19.4 Å². The van der Waals surface area contributed by atoms with E-state index >= 15 is 0 Å². The van der Waals surface area contributed by atoms with Crippen LogP contribution < -0.4 is 9.47 Å². The number of aromatic nitrogens is 1. The van der Waals surface area contributed by atoms with Crippen molar-refractivity contribution in [3.63, 3.8) is 0 Å². The number of carbonyl (C=O) groups is 1. The number of hydrogen-bond acceptors (Lipinski definition) is 8. The molecule has 3 rings (SSSR count). The van der Waals surface area contributed by atoms with Crippen molar-refractivity contribution in [1.82, 2.24) is 4.98 Å². The SMILES string of the molecule is O=C(OCc1cc([N+](=O)[O-])cc2c1OCOC2)c1ccc(OCC(F)(F)F)nc1. The number of hydrogen-bond donors (Lipinski definition) is 0. The number of halogens is 3. The van der Waals surface area contributed by atoms with Gasteiger partial charge in [0.05, 0.1) is 17.1 Å². The topological polar surface area (TPSA) is 110 Å². The molecule has 0 aliphatic carbocycles. The van der Waals surface area contributed by atoms with Crippen LogP contribution in [-0.4, -0.2) is 35.5 Å². The number of nitrogens with zero attached hydrogens (tertiary/aromatic N) is 2. The van der Waals surface area contributed by atoms with E-state index in [-0.39, 0.29) is 42.7 Å². The van der Waals surface area contributed by atoms with Crippen molar-refractivity contribution in [3.05, 3.63) is 57.3 Å². The lowest BCUT2D eigenvalue weighted by atomic mass is 10.1. The van der Waals surface area contributed by atoms with E-state index in [9.17, 15) is 28.1 Å². The van der Waals surface area contributed by atoms with E-state index in [1.54, 1.807) is 0 Å². The Morgan fingerprint density at radius 3 is 2.76 bits per heavy atom. The molecule has 0 atom stereocenters. The first-order valence-corrected chi connectivity index (χ1v) is 8.06. The molecule has 1 aliphatic heterocycles. The van der Waals surface area contributed by atoms with Crippen LogP contribution in [0.5, 0.6) is 11.6 Å². The fourth-order valence-corrected chi connectivity index (χ4v) is 2.46. The fraction of sp³-hybridized carbons (Fsp3) is 0.294. The highest BCUT2D eigenvalue weighted by molar-refractivity contribution is 5.89. The molecule has 0 saturated carbocycles. The average molecular weight is 414 g/mol. The van der Waals surface area contributed by atoms with Crippen molar-refractivity contribution >= 4 is 11.7 Å². The normalized spacial score (nSPS) is 13.2. The number of esters is 1. The van der Waals surface area contributed by atoms with Crippen molar-refractivity contribution in [3.8, 4) is 11.6 Å². The van der Waals surface area contributed by atoms with Gasteiger partial charge in [0.25, 0.3) is 5.69 Å². The van der Waals surface area contributed by atoms with Gasteiger partial charge < -0.3 is 18.9 Å². The molecule has 12 heteroatoms. The lowest BCUT2D eigenvalue weighted by molar-refractivity contribution is -0.385. The monoisotopic (exact) mass is 414 g/mol. The van der Waals surface area contributed by atoms with Crippen molar-refractivity contribution in [2.24, 2.45) is 0 Å². The molecular formula is C17H13F3N2O7. The van der Waals surface area contributed by atoms with Gasteiger partial charge in [0.2, 0.25) is 5.88 Å². The lowest BCUT2D eigenvalue weighted by Gasteiger charge is -2.20. The van der Waals surface area contributed by atoms with Crippen molar-refractivity contribution in [2.75, 3.05) is 13.4 Å². The standard InChI is InChI=1S/C17H13F3N2O7/c18-17(19,20)8-28-14-2-1-10(5-21-14)16(23)27-7-12-4-13(22(24)25)3-11-6-26-9-29-15(11)12/h1-5H,6-9H2. The Bertz CT molecular complexity index is 916. The van der Waals surface area contributed by atoms with Gasteiger partial charge in [0.15, 0.2) is 13.4 Å². The zero-order valence-electron chi connectivity index (χ0n) is 14.6. The summed E-state index contributed by atoms with van der Waals surface area (Å²) in [4.78, 5) is 26.2. The van der Waals surface area contributed by atoms with Crippen LogP contribution in [0.3, 0.4) is 0 Å². The number of carbonyl (C=O) groups excluding carboxylic acids is 1. The predicted molar refractivity (Wildman–Crippen MR) is 88.3 cm³/mol. The van der Waals surface area contributed by atoms with E-state index in [1.165, 1.54) is 18.2 Å². The van der Waals surface area contributed by atoms with Crippen LogP contribution >= 0.6 is 0 Å². The second-order valence-corrected chi connectivity index (χ2v) is 5.83. The quantitative estimate of drug-likeness (QED) is 0.403. The predicted octanol–water partition coefficient (Wildman–Crippen LogP) is 3.15. The molecule has 154 valence electrons. The summed E-state index contributed by atoms with van der Waals surface area (Å²) >= 11 is 0. The maximum atomic E-state index is 12.2. The van der Waals surface area contributed by atoms with E-state index in [0.29, 0.717) is 11.3 Å². The maximum Gasteiger partial charge on any atom is 0.422 e. The number of nitro groups is 1. The van der Waals surface area contributed by atoms with Crippen LogP contribution in [0.15, 0.2) is 30.5 Å². The van der Waals surface area contributed by atoms with E-state index in [1.807, 2.05) is 0 Å². The Kier molecular flexibility index (Phi) is 5.82. The first-order chi connectivity index (χ1) is 13.7. The third kappa shape index (κ3) is 5.31. The summed E-state index contributed by atoms with van der Waals surface area (Å²) in [6, 6.07) is 4.82. The number of fused-ring (bicyclic) bond motifs is 1. The Morgan fingerprint density at radius 1 is 1.31 bits per heavy atom. The van der Waals surface area contributed by atoms with Gasteiger partial charge in [-0.3, -0.25) is 10.1 Å². The summed E-state index contributed by atoms with van der Waals surface area (Å²) in [5, 5.41) is 11.1. The van der Waals surface area contributed by atoms with Gasteiger partial charge in [-0.2, -0.15) is 13.2 Å². The third-order valence-corrected chi connectivity index (χ3v) is 3.70. The molecule has 0 unspecified atom stereocenters. The molecule has 2 aromatic rings. The molecule has 0 bridgehead atoms. The summed E-state index contributed by atoms with van der Waals surface area (Å²) in [6.45, 7) is -1.77. The second-order valence-electron chi connectivity index (χ2n) is 5.83. The van der Waals surface area contributed by atoms with Gasteiger partial charge >= 0.3 is 12.1 Å². The van der Waals surface area contributed by atoms with Gasteiger partial charge in [0.1, 0.15) is 12.4 Å². The molecule has 1 aromatic heterocycles. The number of alkyl halides is 3. The van der Waals surface area contributed by atoms with Crippen LogP contribution in [0.25, 0.3) is 0 Å². The number of benzene rings is 1. The van der Waals surface area contributed by atoms with Crippen LogP contribution in [0, 0.1) is 10.1 Å². The Morgan fingerprint density at radius 2 is 2.10 bits per heavy atom. The number of non-ortho nitro benzene ring substituents is 1. The third-order valence-electron chi connectivity index (χ3n) is 3.70. The first-order valence-electron chi connectivity index (χ1n) is 8.06. The molecule has 0 spiro atoms. The second kappa shape index (κ2) is 8.31. The van der Waals surface area contributed by atoms with Gasteiger partial charge in [-0.15, -0.1) is 0 Å². The Balaban J connectivity index is 1.67. The van der Waals surface area contributed by atoms with E-state index in [4.69, 9.17) is 14.2 Å². The van der Waals surface area contributed by atoms with Crippen LogP contribution in [0.4, 0.5) is 18.9 Å². The molecule has 29 heavy (non-hydrogen) atoms. The highest BCUT2D eigenvalue weighted by Gasteiger charge is 2.28. The molecular weight excluding hydrogens is 401 g/mol. The number of nitro benzene ring substituents is 1. The smallest absolute Gasteiger partial charge is 0.422 e. The van der Waals surface area contributed by atoms with Gasteiger partial charge in [0, 0.05) is 35.5 Å². The van der Waals surface area contributed by atoms with Crippen molar-refractivity contribution in [1.29, 1.82) is 0 Å². The highest BCUT2D eigenvalue weighted by atomic mass is 19.4. The molecule has 0 fully saturated rings. The summed E-state index contributed by atoms with van der Waals surface area (Å²) < 4.78 is 56.4. The first kappa shape index (κ1) is 20.3. The van der Waals surface area contributed by atoms with Gasteiger partial charge in [-0.05, 0) is 6.07 Å². The number of pyridine rings is 1. The minimum absolute atomic E-state index is 0.0343. The fourth-order valence-electron chi connectivity index (χ4n) is 2.46. The summed E-state index contributed by atoms with van der Waals surface area (Å²) in [5.74, 6) is -0.795. The summed E-state index contributed by atoms with van der Waals surface area (Å²) in [5.41, 5.74) is 0.484. The molecule has 1 aromatic carbocycles. The van der Waals surface area contributed by atoms with Crippen LogP contribution in [0.2, 0.25) is 0 Å². The van der Waals surface area contributed by atoms with Crippen LogP contribution in [0.1, 0.15) is 21.5 Å². The minimum atomic E-state index is -4.51. The zero-order valence-corrected chi connectivity index (χ0v) is 14.6. The van der Waals surface area contributed by atoms with E-state index in [0.717, 1.165) is 12.3 Å². The highest BCUT2D eigenvalue weighted by Crippen LogP contribution is 2.33. The Hall–Kier alpha value is -3.41. The Labute approximate surface area is 161 Å². The van der Waals surface area contributed by atoms with Crippen LogP contribution in [-0.2, 0) is 22.7 Å². The van der Waals surface area contributed by atoms with Gasteiger partial charge in [-0.1, -0.05) is 0 Å². The minimum Gasteiger partial charge on any atom is -0.468 e. The number of rotatable bonds is 6. The zero-order chi connectivity index (χ0) is 21.0. The lowest BCUT2D eigenvalue weighted by Crippen LogP contribution is -2.19.